The Balaban J connectivity index is 3.05. The van der Waals surface area contributed by atoms with E-state index in [0.29, 0.717) is 5.56 Å². The molecular weight excluding hydrogens is 211 g/mol. The summed E-state index contributed by atoms with van der Waals surface area (Å²) >= 11 is 5.66. The van der Waals surface area contributed by atoms with Crippen LogP contribution < -0.4 is 0 Å². The molecule has 1 aromatic carbocycles. The molecule has 1 rings (SSSR count). The summed E-state index contributed by atoms with van der Waals surface area (Å²) < 4.78 is 12.2. The van der Waals surface area contributed by atoms with E-state index < -0.39 is 18.7 Å². The van der Waals surface area contributed by atoms with Crippen molar-refractivity contribution in [3.8, 4) is 0 Å². The molecule has 0 radical (unpaired) electrons. The zero-order valence-corrected chi connectivity index (χ0v) is 7.83. The fourth-order valence-corrected chi connectivity index (χ4v) is 1.32. The van der Waals surface area contributed by atoms with Gasteiger partial charge in [0.2, 0.25) is 0 Å². The van der Waals surface area contributed by atoms with Crippen LogP contribution >= 0.6 is 11.6 Å². The molecule has 0 heterocycles. The molecule has 0 aliphatic carbocycles. The van der Waals surface area contributed by atoms with Crippen LogP contribution in [0.15, 0.2) is 18.2 Å². The van der Waals surface area contributed by atoms with Crippen LogP contribution in [0, 0.1) is 0 Å². The van der Waals surface area contributed by atoms with E-state index in [1.807, 2.05) is 0 Å². The number of alkyl halides is 1. The van der Waals surface area contributed by atoms with Gasteiger partial charge in [0.25, 0.3) is 0 Å². The summed E-state index contributed by atoms with van der Waals surface area (Å²) in [5, 5.41) is 17.7. The van der Waals surface area contributed by atoms with Crippen LogP contribution in [0.1, 0.15) is 17.2 Å². The van der Waals surface area contributed by atoms with Gasteiger partial charge in [0, 0.05) is 10.6 Å². The number of carboxylic acids is 1. The first-order valence-electron chi connectivity index (χ1n) is 3.81. The number of hydrogen-bond acceptors (Lipinski definition) is 2. The summed E-state index contributed by atoms with van der Waals surface area (Å²) in [6.07, 6.45) is -1.67. The lowest BCUT2D eigenvalue weighted by Gasteiger charge is -2.08. The van der Waals surface area contributed by atoms with E-state index in [2.05, 4.69) is 0 Å². The molecule has 0 aliphatic rings. The fraction of sp³-hybridized carbons (Fsp3) is 0.222. The minimum Gasteiger partial charge on any atom is -0.479 e. The smallest absolute Gasteiger partial charge is 0.337 e. The highest BCUT2D eigenvalue weighted by atomic mass is 35.5. The molecule has 14 heavy (non-hydrogen) atoms. The first kappa shape index (κ1) is 10.9. The fourth-order valence-electron chi connectivity index (χ4n) is 1.01. The van der Waals surface area contributed by atoms with Gasteiger partial charge in [-0.1, -0.05) is 23.7 Å². The summed E-state index contributed by atoms with van der Waals surface area (Å²) in [5.74, 6) is -1.39. The molecule has 5 heteroatoms. The molecule has 0 fully saturated rings. The lowest BCUT2D eigenvalue weighted by Crippen LogP contribution is -2.10. The molecule has 0 aliphatic heterocycles. The second-order valence-electron chi connectivity index (χ2n) is 2.73. The Morgan fingerprint density at radius 1 is 1.57 bits per heavy atom. The van der Waals surface area contributed by atoms with E-state index in [4.69, 9.17) is 21.8 Å². The number of benzene rings is 1. The van der Waals surface area contributed by atoms with Crippen molar-refractivity contribution in [1.29, 1.82) is 0 Å². The predicted octanol–water partition coefficient (Wildman–Crippen LogP) is 1.93. The molecule has 0 bridgehead atoms. The summed E-state index contributed by atoms with van der Waals surface area (Å²) in [6, 6.07) is 3.98. The first-order chi connectivity index (χ1) is 6.56. The summed E-state index contributed by atoms with van der Waals surface area (Å²) in [6.45, 7) is -0.677. The van der Waals surface area contributed by atoms with Crippen LogP contribution in [-0.2, 0) is 11.5 Å². The third-order valence-corrected chi connectivity index (χ3v) is 2.07. The van der Waals surface area contributed by atoms with Crippen LogP contribution in [0.2, 0.25) is 5.02 Å². The van der Waals surface area contributed by atoms with Crippen LogP contribution in [0.5, 0.6) is 0 Å². The van der Waals surface area contributed by atoms with Gasteiger partial charge in [-0.05, 0) is 11.6 Å². The van der Waals surface area contributed by atoms with Gasteiger partial charge < -0.3 is 10.2 Å². The van der Waals surface area contributed by atoms with Gasteiger partial charge in [0.1, 0.15) is 6.67 Å². The maximum atomic E-state index is 12.2. The van der Waals surface area contributed by atoms with E-state index >= 15 is 0 Å². The molecular formula is C9H8ClFO3. The topological polar surface area (TPSA) is 57.5 Å². The largest absolute Gasteiger partial charge is 0.479 e. The molecule has 1 aromatic rings. The Morgan fingerprint density at radius 3 is 2.64 bits per heavy atom. The molecule has 76 valence electrons. The molecule has 2 N–H and O–H groups in total. The van der Waals surface area contributed by atoms with Gasteiger partial charge >= 0.3 is 5.97 Å². The minimum absolute atomic E-state index is 0.0510. The third-order valence-electron chi connectivity index (χ3n) is 1.75. The second-order valence-corrected chi connectivity index (χ2v) is 3.14. The Kier molecular flexibility index (Phi) is 3.43. The highest BCUT2D eigenvalue weighted by Gasteiger charge is 2.18. The molecule has 1 atom stereocenters. The molecule has 1 unspecified atom stereocenters. The zero-order valence-electron chi connectivity index (χ0n) is 7.08. The van der Waals surface area contributed by atoms with E-state index in [1.54, 1.807) is 0 Å². The lowest BCUT2D eigenvalue weighted by atomic mass is 10.1. The van der Waals surface area contributed by atoms with Crippen LogP contribution in [0.4, 0.5) is 4.39 Å². The minimum atomic E-state index is -1.67. The van der Waals surface area contributed by atoms with Crippen molar-refractivity contribution in [2.45, 2.75) is 12.8 Å². The van der Waals surface area contributed by atoms with Crippen molar-refractivity contribution in [2.24, 2.45) is 0 Å². The number of halogens is 2. The van der Waals surface area contributed by atoms with Crippen molar-refractivity contribution in [3.05, 3.63) is 34.3 Å². The Bertz CT molecular complexity index is 354. The van der Waals surface area contributed by atoms with E-state index in [1.165, 1.54) is 18.2 Å². The number of aliphatic carboxylic acids is 1. The highest BCUT2D eigenvalue weighted by Crippen LogP contribution is 2.24. The zero-order chi connectivity index (χ0) is 10.7. The number of aliphatic hydroxyl groups is 1. The number of hydrogen-bond donors (Lipinski definition) is 2. The van der Waals surface area contributed by atoms with Gasteiger partial charge in [-0.3, -0.25) is 0 Å². The average molecular weight is 219 g/mol. The number of aliphatic hydroxyl groups excluding tert-OH is 1. The highest BCUT2D eigenvalue weighted by molar-refractivity contribution is 6.31. The predicted molar refractivity (Wildman–Crippen MR) is 48.9 cm³/mol. The summed E-state index contributed by atoms with van der Waals surface area (Å²) in [7, 11) is 0. The van der Waals surface area contributed by atoms with Crippen molar-refractivity contribution in [2.75, 3.05) is 0 Å². The van der Waals surface area contributed by atoms with Crippen LogP contribution in [0.25, 0.3) is 0 Å². The number of carboxylic acid groups (broad SMARTS) is 1. The molecule has 3 nitrogen and oxygen atoms in total. The van der Waals surface area contributed by atoms with Crippen LogP contribution in [0.3, 0.4) is 0 Å². The molecule has 0 saturated carbocycles. The summed E-state index contributed by atoms with van der Waals surface area (Å²) in [4.78, 5) is 10.4. The molecule has 0 saturated heterocycles. The molecule has 0 aromatic heterocycles. The normalized spacial score (nSPS) is 12.5. The van der Waals surface area contributed by atoms with Crippen molar-refractivity contribution >= 4 is 17.6 Å². The molecule has 0 spiro atoms. The quantitative estimate of drug-likeness (QED) is 0.815. The number of rotatable bonds is 3. The average Bonchev–Trinajstić information content (AvgIpc) is 2.16. The monoisotopic (exact) mass is 218 g/mol. The van der Waals surface area contributed by atoms with Gasteiger partial charge in [-0.2, -0.15) is 0 Å². The van der Waals surface area contributed by atoms with Crippen molar-refractivity contribution in [3.63, 3.8) is 0 Å². The second kappa shape index (κ2) is 4.39. The third kappa shape index (κ3) is 2.21. The SMILES string of the molecule is O=C(O)C(O)c1ccc(CF)cc1Cl. The van der Waals surface area contributed by atoms with Crippen molar-refractivity contribution in [1.82, 2.24) is 0 Å². The van der Waals surface area contributed by atoms with Gasteiger partial charge in [-0.25, -0.2) is 9.18 Å². The lowest BCUT2D eigenvalue weighted by molar-refractivity contribution is -0.146. The van der Waals surface area contributed by atoms with E-state index in [9.17, 15) is 9.18 Å². The Labute approximate surface area is 84.7 Å². The van der Waals surface area contributed by atoms with Crippen LogP contribution in [-0.4, -0.2) is 16.2 Å². The van der Waals surface area contributed by atoms with Gasteiger partial charge in [0.15, 0.2) is 6.10 Å². The van der Waals surface area contributed by atoms with Gasteiger partial charge in [0.05, 0.1) is 0 Å². The Morgan fingerprint density at radius 2 is 2.21 bits per heavy atom. The standard InChI is InChI=1S/C9H8ClFO3/c10-7-3-5(4-11)1-2-6(7)8(12)9(13)14/h1-3,8,12H,4H2,(H,13,14). The van der Waals surface area contributed by atoms with Crippen molar-refractivity contribution < 1.29 is 19.4 Å². The maximum absolute atomic E-state index is 12.2. The number of carbonyl (C=O) groups is 1. The first-order valence-corrected chi connectivity index (χ1v) is 4.19. The van der Waals surface area contributed by atoms with Gasteiger partial charge in [-0.15, -0.1) is 0 Å². The van der Waals surface area contributed by atoms with E-state index in [0.717, 1.165) is 0 Å². The van der Waals surface area contributed by atoms with E-state index in [-0.39, 0.29) is 10.6 Å². The molecule has 0 amide bonds. The Hall–Kier alpha value is -1.13. The summed E-state index contributed by atoms with van der Waals surface area (Å²) in [5.41, 5.74) is 0.410. The maximum Gasteiger partial charge on any atom is 0.337 e.